The first-order valence-corrected chi connectivity index (χ1v) is 6.67. The summed E-state index contributed by atoms with van der Waals surface area (Å²) < 4.78 is 10.8. The first-order chi connectivity index (χ1) is 9.62. The summed E-state index contributed by atoms with van der Waals surface area (Å²) in [6, 6.07) is 5.35. The maximum atomic E-state index is 5.95. The Hall–Kier alpha value is -1.72. The Bertz CT molecular complexity index is 605. The third-order valence-electron chi connectivity index (χ3n) is 2.61. The molecule has 0 atom stereocenters. The van der Waals surface area contributed by atoms with E-state index >= 15 is 0 Å². The predicted molar refractivity (Wildman–Crippen MR) is 76.2 cm³/mol. The largest absolute Gasteiger partial charge is 0.437 e. The second-order valence-electron chi connectivity index (χ2n) is 4.23. The lowest BCUT2D eigenvalue weighted by atomic mass is 10.2. The number of hydrogen-bond acceptors (Lipinski definition) is 5. The minimum absolute atomic E-state index is 0.281. The molecule has 0 unspecified atom stereocenters. The molecule has 2 aromatic rings. The number of rotatable bonds is 5. The van der Waals surface area contributed by atoms with Gasteiger partial charge in [-0.05, 0) is 25.5 Å². The molecule has 0 spiro atoms. The number of ether oxygens (including phenoxy) is 2. The van der Waals surface area contributed by atoms with Crippen LogP contribution in [0.3, 0.4) is 0 Å². The molecule has 0 saturated carbocycles. The number of aryl methyl sites for hydroxylation is 2. The monoisotopic (exact) mass is 293 g/mol. The van der Waals surface area contributed by atoms with E-state index in [9.17, 15) is 0 Å². The van der Waals surface area contributed by atoms with Gasteiger partial charge >= 0.3 is 0 Å². The molecular formula is C14H16ClN3O2. The van der Waals surface area contributed by atoms with Crippen LogP contribution in [0.25, 0.3) is 0 Å². The molecule has 20 heavy (non-hydrogen) atoms. The van der Waals surface area contributed by atoms with Crippen molar-refractivity contribution in [2.24, 2.45) is 0 Å². The lowest BCUT2D eigenvalue weighted by molar-refractivity contribution is 0.177. The van der Waals surface area contributed by atoms with Crippen LogP contribution in [0.2, 0.25) is 5.15 Å². The highest BCUT2D eigenvalue weighted by atomic mass is 35.5. The molecule has 0 aromatic carbocycles. The Morgan fingerprint density at radius 3 is 2.70 bits per heavy atom. The molecule has 5 nitrogen and oxygen atoms in total. The highest BCUT2D eigenvalue weighted by molar-refractivity contribution is 6.29. The molecule has 106 valence electrons. The summed E-state index contributed by atoms with van der Waals surface area (Å²) in [5.74, 6) is 1.54. The van der Waals surface area contributed by atoms with Crippen LogP contribution in [0.15, 0.2) is 18.2 Å². The predicted octanol–water partition coefficient (Wildman–Crippen LogP) is 3.33. The van der Waals surface area contributed by atoms with Crippen LogP contribution in [0, 0.1) is 6.92 Å². The molecule has 0 radical (unpaired) electrons. The molecule has 0 fully saturated rings. The summed E-state index contributed by atoms with van der Waals surface area (Å²) in [4.78, 5) is 12.7. The second kappa shape index (κ2) is 6.63. The van der Waals surface area contributed by atoms with Gasteiger partial charge in [0.25, 0.3) is 0 Å². The van der Waals surface area contributed by atoms with Crippen LogP contribution in [-0.2, 0) is 17.8 Å². The fraction of sp³-hybridized carbons (Fsp3) is 0.357. The van der Waals surface area contributed by atoms with Gasteiger partial charge in [-0.25, -0.2) is 4.98 Å². The zero-order valence-electron chi connectivity index (χ0n) is 11.7. The molecule has 0 aliphatic carbocycles. The van der Waals surface area contributed by atoms with E-state index in [4.69, 9.17) is 21.1 Å². The molecule has 6 heteroatoms. The molecule has 2 rings (SSSR count). The minimum atomic E-state index is 0.281. The number of hydrogen-bond donors (Lipinski definition) is 0. The zero-order chi connectivity index (χ0) is 14.5. The van der Waals surface area contributed by atoms with Gasteiger partial charge in [-0.3, -0.25) is 4.98 Å². The normalized spacial score (nSPS) is 10.6. The molecular weight excluding hydrogens is 278 g/mol. The van der Waals surface area contributed by atoms with E-state index in [1.165, 1.54) is 0 Å². The van der Waals surface area contributed by atoms with Crippen molar-refractivity contribution in [3.05, 3.63) is 40.6 Å². The van der Waals surface area contributed by atoms with Gasteiger partial charge in [0, 0.05) is 18.9 Å². The van der Waals surface area contributed by atoms with Crippen molar-refractivity contribution >= 4 is 11.6 Å². The number of methoxy groups -OCH3 is 1. The first kappa shape index (κ1) is 14.7. The van der Waals surface area contributed by atoms with Crippen molar-refractivity contribution in [1.82, 2.24) is 15.0 Å². The van der Waals surface area contributed by atoms with Crippen LogP contribution in [0.4, 0.5) is 0 Å². The molecule has 2 heterocycles. The molecule has 0 bridgehead atoms. The van der Waals surface area contributed by atoms with E-state index < -0.39 is 0 Å². The van der Waals surface area contributed by atoms with Gasteiger partial charge in [0.15, 0.2) is 11.6 Å². The van der Waals surface area contributed by atoms with Crippen molar-refractivity contribution in [2.45, 2.75) is 26.9 Å². The lowest BCUT2D eigenvalue weighted by Crippen LogP contribution is -2.01. The maximum Gasteiger partial charge on any atom is 0.224 e. The fourth-order valence-electron chi connectivity index (χ4n) is 1.74. The molecule has 0 aliphatic rings. The zero-order valence-corrected chi connectivity index (χ0v) is 12.4. The molecule has 0 amide bonds. The van der Waals surface area contributed by atoms with E-state index in [0.29, 0.717) is 22.6 Å². The van der Waals surface area contributed by atoms with Crippen LogP contribution in [0.5, 0.6) is 11.6 Å². The Morgan fingerprint density at radius 1 is 1.20 bits per heavy atom. The molecule has 0 aliphatic heterocycles. The highest BCUT2D eigenvalue weighted by Crippen LogP contribution is 2.25. The van der Waals surface area contributed by atoms with Crippen molar-refractivity contribution in [1.29, 1.82) is 0 Å². The smallest absolute Gasteiger partial charge is 0.224 e. The quantitative estimate of drug-likeness (QED) is 0.791. The van der Waals surface area contributed by atoms with Crippen molar-refractivity contribution in [3.8, 4) is 11.6 Å². The average molecular weight is 294 g/mol. The summed E-state index contributed by atoms with van der Waals surface area (Å²) in [5, 5.41) is 0.320. The van der Waals surface area contributed by atoms with Crippen LogP contribution in [0.1, 0.15) is 24.1 Å². The summed E-state index contributed by atoms with van der Waals surface area (Å²) in [7, 11) is 1.57. The Labute approximate surface area is 123 Å². The summed E-state index contributed by atoms with van der Waals surface area (Å²) in [5.41, 5.74) is 1.84. The van der Waals surface area contributed by atoms with Crippen LogP contribution < -0.4 is 4.74 Å². The van der Waals surface area contributed by atoms with E-state index in [-0.39, 0.29) is 6.61 Å². The van der Waals surface area contributed by atoms with Gasteiger partial charge in [0.2, 0.25) is 5.88 Å². The van der Waals surface area contributed by atoms with E-state index in [2.05, 4.69) is 15.0 Å². The third kappa shape index (κ3) is 3.65. The Kier molecular flexibility index (Phi) is 4.87. The summed E-state index contributed by atoms with van der Waals surface area (Å²) in [6.07, 6.45) is 0.779. The van der Waals surface area contributed by atoms with E-state index in [1.54, 1.807) is 13.2 Å². The lowest BCUT2D eigenvalue weighted by Gasteiger charge is -2.10. The number of nitrogens with zero attached hydrogens (tertiary/aromatic N) is 3. The number of aromatic nitrogens is 3. The topological polar surface area (TPSA) is 57.1 Å². The van der Waals surface area contributed by atoms with Gasteiger partial charge < -0.3 is 9.47 Å². The average Bonchev–Trinajstić information content (AvgIpc) is 2.40. The Balaban J connectivity index is 2.29. The maximum absolute atomic E-state index is 5.95. The first-order valence-electron chi connectivity index (χ1n) is 6.29. The van der Waals surface area contributed by atoms with Gasteiger partial charge in [0.05, 0.1) is 5.69 Å². The number of pyridine rings is 1. The van der Waals surface area contributed by atoms with Gasteiger partial charge in [-0.2, -0.15) is 4.98 Å². The minimum Gasteiger partial charge on any atom is -0.437 e. The van der Waals surface area contributed by atoms with Gasteiger partial charge in [-0.1, -0.05) is 18.5 Å². The van der Waals surface area contributed by atoms with Crippen molar-refractivity contribution in [3.63, 3.8) is 0 Å². The van der Waals surface area contributed by atoms with E-state index in [1.807, 2.05) is 26.0 Å². The fourth-order valence-corrected chi connectivity index (χ4v) is 1.94. The van der Waals surface area contributed by atoms with Crippen molar-refractivity contribution < 1.29 is 9.47 Å². The van der Waals surface area contributed by atoms with Crippen LogP contribution >= 0.6 is 11.6 Å². The van der Waals surface area contributed by atoms with Gasteiger partial charge in [-0.15, -0.1) is 0 Å². The Morgan fingerprint density at radius 2 is 2.00 bits per heavy atom. The second-order valence-corrected chi connectivity index (χ2v) is 4.62. The molecule has 0 saturated heterocycles. The SMILES string of the molecule is CCc1nc(C)ccc1Oc1cc(Cl)nc(COC)n1. The molecule has 0 N–H and O–H groups in total. The van der Waals surface area contributed by atoms with Crippen LogP contribution in [-0.4, -0.2) is 22.1 Å². The van der Waals surface area contributed by atoms with Crippen molar-refractivity contribution in [2.75, 3.05) is 7.11 Å². The summed E-state index contributed by atoms with van der Waals surface area (Å²) >= 11 is 5.95. The standard InChI is InChI=1S/C14H16ClN3O2/c1-4-10-11(6-5-9(2)16-10)20-14-7-12(15)17-13(18-14)8-19-3/h5-7H,4,8H2,1-3H3. The highest BCUT2D eigenvalue weighted by Gasteiger charge is 2.09. The van der Waals surface area contributed by atoms with Gasteiger partial charge in [0.1, 0.15) is 11.8 Å². The van der Waals surface area contributed by atoms with E-state index in [0.717, 1.165) is 17.8 Å². The summed E-state index contributed by atoms with van der Waals surface area (Å²) in [6.45, 7) is 4.25. The number of halogens is 1. The molecule has 2 aromatic heterocycles. The third-order valence-corrected chi connectivity index (χ3v) is 2.81.